The van der Waals surface area contributed by atoms with Crippen molar-refractivity contribution in [1.29, 1.82) is 0 Å². The summed E-state index contributed by atoms with van der Waals surface area (Å²) >= 11 is 0. The monoisotopic (exact) mass is 399 g/mol. The van der Waals surface area contributed by atoms with Crippen LogP contribution >= 0.6 is 0 Å². The second-order valence-electron chi connectivity index (χ2n) is 9.05. The molecule has 2 atom stereocenters. The number of pyridine rings is 1. The van der Waals surface area contributed by atoms with E-state index in [1.807, 2.05) is 18.2 Å². The van der Waals surface area contributed by atoms with Crippen molar-refractivity contribution >= 4 is 11.8 Å². The van der Waals surface area contributed by atoms with E-state index in [9.17, 15) is 9.59 Å². The van der Waals surface area contributed by atoms with Crippen molar-refractivity contribution in [1.82, 2.24) is 20.5 Å². The zero-order chi connectivity index (χ0) is 20.3. The van der Waals surface area contributed by atoms with E-state index >= 15 is 0 Å². The van der Waals surface area contributed by atoms with Crippen LogP contribution in [0.4, 0.5) is 0 Å². The van der Waals surface area contributed by atoms with Gasteiger partial charge in [0.2, 0.25) is 11.8 Å². The van der Waals surface area contributed by atoms with E-state index in [1.165, 1.54) is 12.8 Å². The Morgan fingerprint density at radius 1 is 1.14 bits per heavy atom. The van der Waals surface area contributed by atoms with Gasteiger partial charge in [-0.05, 0) is 63.0 Å². The van der Waals surface area contributed by atoms with Crippen molar-refractivity contribution in [3.05, 3.63) is 30.1 Å². The van der Waals surface area contributed by atoms with Gasteiger partial charge in [0.15, 0.2) is 0 Å². The van der Waals surface area contributed by atoms with Gasteiger partial charge in [-0.3, -0.25) is 19.5 Å². The van der Waals surface area contributed by atoms with Gasteiger partial charge in [-0.1, -0.05) is 6.07 Å². The summed E-state index contributed by atoms with van der Waals surface area (Å²) in [5, 5.41) is 6.10. The van der Waals surface area contributed by atoms with Crippen LogP contribution in [0, 0.1) is 5.92 Å². The summed E-state index contributed by atoms with van der Waals surface area (Å²) in [5.74, 6) is 0.811. The molecule has 1 aromatic heterocycles. The van der Waals surface area contributed by atoms with Gasteiger partial charge in [0.1, 0.15) is 0 Å². The number of carbonyl (C=O) groups is 2. The van der Waals surface area contributed by atoms with E-state index in [2.05, 4.69) is 20.5 Å². The van der Waals surface area contributed by atoms with E-state index in [-0.39, 0.29) is 17.9 Å². The number of aromatic nitrogens is 1. The fourth-order valence-corrected chi connectivity index (χ4v) is 4.50. The van der Waals surface area contributed by atoms with Crippen LogP contribution in [0.1, 0.15) is 57.1 Å². The van der Waals surface area contributed by atoms with Crippen LogP contribution in [0.5, 0.6) is 0 Å². The molecule has 0 unspecified atom stereocenters. The first-order valence-corrected chi connectivity index (χ1v) is 11.0. The first kappa shape index (κ1) is 20.3. The molecule has 2 amide bonds. The van der Waals surface area contributed by atoms with E-state index in [0.717, 1.165) is 50.3 Å². The fourth-order valence-electron chi connectivity index (χ4n) is 4.50. The maximum absolute atomic E-state index is 12.5. The van der Waals surface area contributed by atoms with E-state index in [4.69, 9.17) is 5.73 Å². The van der Waals surface area contributed by atoms with Gasteiger partial charge < -0.3 is 16.4 Å². The third-order valence-corrected chi connectivity index (χ3v) is 6.75. The minimum absolute atomic E-state index is 0.00771. The third-order valence-electron chi connectivity index (χ3n) is 6.75. The van der Waals surface area contributed by atoms with Crippen LogP contribution in [0.2, 0.25) is 0 Å². The summed E-state index contributed by atoms with van der Waals surface area (Å²) in [6, 6.07) is 6.26. The Balaban J connectivity index is 1.28. The van der Waals surface area contributed by atoms with Crippen molar-refractivity contribution in [3.8, 4) is 0 Å². The summed E-state index contributed by atoms with van der Waals surface area (Å²) in [7, 11) is 0. The number of hydrogen-bond acceptors (Lipinski definition) is 5. The number of nitrogens with two attached hydrogens (primary N) is 1. The highest BCUT2D eigenvalue weighted by Crippen LogP contribution is 2.35. The van der Waals surface area contributed by atoms with Crippen molar-refractivity contribution < 1.29 is 9.59 Å². The van der Waals surface area contributed by atoms with Crippen molar-refractivity contribution in [2.24, 2.45) is 11.7 Å². The zero-order valence-electron chi connectivity index (χ0n) is 17.1. The highest BCUT2D eigenvalue weighted by molar-refractivity contribution is 5.87. The van der Waals surface area contributed by atoms with Gasteiger partial charge in [-0.15, -0.1) is 0 Å². The standard InChI is InChI=1S/C22H33N5O2/c23-22(9-3-10-22)21(29)26-14-19-8-7-18(27(19)15-16-5-6-16)12-20(28)25-13-17-4-1-2-11-24-17/h1-2,4,11,16,18-19H,3,5-10,12-15,23H2,(H,25,28)(H,26,29)/t18-,19+/m1/s1. The maximum Gasteiger partial charge on any atom is 0.240 e. The summed E-state index contributed by atoms with van der Waals surface area (Å²) in [5.41, 5.74) is 6.37. The highest BCUT2D eigenvalue weighted by Gasteiger charge is 2.42. The first-order chi connectivity index (χ1) is 14.0. The molecule has 3 aliphatic rings. The molecule has 7 heteroatoms. The smallest absolute Gasteiger partial charge is 0.240 e. The molecular formula is C22H33N5O2. The lowest BCUT2D eigenvalue weighted by Gasteiger charge is -2.37. The SMILES string of the molecule is NC1(C(=O)NC[C@@H]2CC[C@H](CC(=O)NCc3ccccn3)N2CC2CC2)CCC1. The average molecular weight is 400 g/mol. The highest BCUT2D eigenvalue weighted by atomic mass is 16.2. The lowest BCUT2D eigenvalue weighted by atomic mass is 9.77. The van der Waals surface area contributed by atoms with Crippen molar-refractivity contribution in [2.75, 3.05) is 13.1 Å². The minimum atomic E-state index is -0.648. The second kappa shape index (κ2) is 8.79. The molecule has 1 aliphatic heterocycles. The molecule has 2 saturated carbocycles. The summed E-state index contributed by atoms with van der Waals surface area (Å²) in [6.07, 6.45) is 9.43. The number of nitrogens with one attached hydrogen (secondary N) is 2. The minimum Gasteiger partial charge on any atom is -0.353 e. The van der Waals surface area contributed by atoms with E-state index in [1.54, 1.807) is 6.20 Å². The summed E-state index contributed by atoms with van der Waals surface area (Å²) < 4.78 is 0. The van der Waals surface area contributed by atoms with Gasteiger partial charge in [0.25, 0.3) is 0 Å². The molecule has 4 rings (SSSR count). The van der Waals surface area contributed by atoms with Crippen LogP contribution in [0.15, 0.2) is 24.4 Å². The molecule has 3 fully saturated rings. The second-order valence-corrected chi connectivity index (χ2v) is 9.05. The third kappa shape index (κ3) is 5.14. The Bertz CT molecular complexity index is 717. The Kier molecular flexibility index (Phi) is 6.15. The number of amides is 2. The molecule has 2 heterocycles. The molecule has 7 nitrogen and oxygen atoms in total. The molecular weight excluding hydrogens is 366 g/mol. The molecule has 0 spiro atoms. The topological polar surface area (TPSA) is 100 Å². The zero-order valence-corrected chi connectivity index (χ0v) is 17.1. The molecule has 0 radical (unpaired) electrons. The lowest BCUT2D eigenvalue weighted by molar-refractivity contribution is -0.129. The maximum atomic E-state index is 12.5. The largest absolute Gasteiger partial charge is 0.353 e. The molecule has 1 aromatic rings. The summed E-state index contributed by atoms with van der Waals surface area (Å²) in [6.45, 7) is 2.14. The van der Waals surface area contributed by atoms with Gasteiger partial charge in [0, 0.05) is 37.8 Å². The van der Waals surface area contributed by atoms with Crippen LogP contribution in [0.3, 0.4) is 0 Å². The quantitative estimate of drug-likeness (QED) is 0.582. The molecule has 0 aromatic carbocycles. The predicted octanol–water partition coefficient (Wildman–Crippen LogP) is 1.33. The molecule has 158 valence electrons. The van der Waals surface area contributed by atoms with Crippen molar-refractivity contribution in [3.63, 3.8) is 0 Å². The number of rotatable bonds is 9. The number of carbonyl (C=O) groups excluding carboxylic acids is 2. The van der Waals surface area contributed by atoms with Crippen molar-refractivity contribution in [2.45, 2.75) is 75.5 Å². The Morgan fingerprint density at radius 2 is 1.93 bits per heavy atom. The Hall–Kier alpha value is -1.99. The van der Waals surface area contributed by atoms with Crippen LogP contribution in [0.25, 0.3) is 0 Å². The van der Waals surface area contributed by atoms with E-state index in [0.29, 0.717) is 25.6 Å². The lowest BCUT2D eigenvalue weighted by Crippen LogP contribution is -2.59. The van der Waals surface area contributed by atoms with Gasteiger partial charge >= 0.3 is 0 Å². The van der Waals surface area contributed by atoms with Crippen LogP contribution < -0.4 is 16.4 Å². The molecule has 1 saturated heterocycles. The number of likely N-dealkylation sites (tertiary alicyclic amines) is 1. The van der Waals surface area contributed by atoms with Crippen LogP contribution in [-0.4, -0.2) is 52.4 Å². The van der Waals surface area contributed by atoms with Gasteiger partial charge in [0.05, 0.1) is 17.8 Å². The summed E-state index contributed by atoms with van der Waals surface area (Å²) in [4.78, 5) is 31.6. The average Bonchev–Trinajstić information content (AvgIpc) is 3.45. The predicted molar refractivity (Wildman–Crippen MR) is 111 cm³/mol. The van der Waals surface area contributed by atoms with Crippen LogP contribution in [-0.2, 0) is 16.1 Å². The fraction of sp³-hybridized carbons (Fsp3) is 0.682. The van der Waals surface area contributed by atoms with Gasteiger partial charge in [-0.2, -0.15) is 0 Å². The van der Waals surface area contributed by atoms with E-state index < -0.39 is 5.54 Å². The normalized spacial score (nSPS) is 26.0. The Morgan fingerprint density at radius 3 is 2.59 bits per heavy atom. The molecule has 29 heavy (non-hydrogen) atoms. The number of hydrogen-bond donors (Lipinski definition) is 3. The first-order valence-electron chi connectivity index (χ1n) is 11.0. The van der Waals surface area contributed by atoms with Gasteiger partial charge in [-0.25, -0.2) is 0 Å². The molecule has 4 N–H and O–H groups in total. The Labute approximate surface area is 172 Å². The number of nitrogens with zero attached hydrogens (tertiary/aromatic N) is 2. The molecule has 2 aliphatic carbocycles. The molecule has 0 bridgehead atoms.